The zero-order valence-electron chi connectivity index (χ0n) is 16.0. The van der Waals surface area contributed by atoms with Gasteiger partial charge in [0.05, 0.1) is 27.2 Å². The van der Waals surface area contributed by atoms with Crippen LogP contribution in [0.5, 0.6) is 11.5 Å². The van der Waals surface area contributed by atoms with E-state index in [1.165, 1.54) is 7.11 Å². The molecule has 0 fully saturated rings. The Morgan fingerprint density at radius 1 is 0.926 bits per heavy atom. The monoisotopic (exact) mass is 391 g/mol. The topological polar surface area (TPSA) is 87.9 Å². The third kappa shape index (κ3) is 4.71. The quantitative estimate of drug-likeness (QED) is 0.548. The Morgan fingerprint density at radius 2 is 1.33 bits per heavy atom. The van der Waals surface area contributed by atoms with E-state index < -0.39 is 25.1 Å². The van der Waals surface area contributed by atoms with Gasteiger partial charge >= 0.3 is 5.97 Å². The van der Waals surface area contributed by atoms with Gasteiger partial charge in [-0.15, -0.1) is 0 Å². The number of ether oxygens (including phenoxy) is 3. The van der Waals surface area contributed by atoms with Crippen molar-refractivity contribution >= 4 is 23.7 Å². The molecule has 0 spiro atoms. The summed E-state index contributed by atoms with van der Waals surface area (Å²) in [5, 5.41) is 1.31. The lowest BCUT2D eigenvalue weighted by Crippen LogP contribution is -2.39. The average molecular weight is 391 g/mol. The number of benzene rings is 2. The Hall–Kier alpha value is -2.30. The van der Waals surface area contributed by atoms with Crippen LogP contribution in [0, 0.1) is 5.92 Å². The van der Waals surface area contributed by atoms with Crippen LogP contribution < -0.4 is 25.8 Å². The van der Waals surface area contributed by atoms with Gasteiger partial charge in [0.1, 0.15) is 18.6 Å². The first-order valence-electron chi connectivity index (χ1n) is 8.57. The highest BCUT2D eigenvalue weighted by atomic mass is 31.2. The fourth-order valence-electron chi connectivity index (χ4n) is 2.82. The minimum Gasteiger partial charge on any atom is -0.497 e. The minimum absolute atomic E-state index is 0.141. The second-order valence-corrected chi connectivity index (χ2v) is 9.17. The second-order valence-electron chi connectivity index (χ2n) is 6.29. The molecule has 0 aromatic heterocycles. The van der Waals surface area contributed by atoms with E-state index in [0.29, 0.717) is 22.1 Å². The summed E-state index contributed by atoms with van der Waals surface area (Å²) in [6.07, 6.45) is 0.141. The molecule has 2 atom stereocenters. The van der Waals surface area contributed by atoms with E-state index in [9.17, 15) is 9.36 Å². The molecule has 2 aromatic rings. The third-order valence-electron chi connectivity index (χ3n) is 4.66. The molecule has 0 aliphatic rings. The van der Waals surface area contributed by atoms with Crippen LogP contribution in [0.25, 0.3) is 0 Å². The maximum atomic E-state index is 14.1. The van der Waals surface area contributed by atoms with Gasteiger partial charge in [-0.25, -0.2) is 0 Å². The van der Waals surface area contributed by atoms with Crippen molar-refractivity contribution in [3.63, 3.8) is 0 Å². The van der Waals surface area contributed by atoms with Crippen LogP contribution >= 0.6 is 7.14 Å². The van der Waals surface area contributed by atoms with Crippen molar-refractivity contribution < 1.29 is 23.6 Å². The standard InChI is InChI=1S/C20H26NO5P/c1-14(20(22)26-4)19(21)13-27(23,17-9-5-15(24-2)6-10-17)18-11-7-16(25-3)8-12-18/h5-12,14,19H,13,21H2,1-4H3. The van der Waals surface area contributed by atoms with E-state index in [1.807, 2.05) is 0 Å². The van der Waals surface area contributed by atoms with Crippen molar-refractivity contribution in [3.8, 4) is 11.5 Å². The fourth-order valence-corrected chi connectivity index (χ4v) is 5.71. The predicted molar refractivity (Wildman–Crippen MR) is 107 cm³/mol. The van der Waals surface area contributed by atoms with Crippen molar-refractivity contribution in [2.75, 3.05) is 27.5 Å². The van der Waals surface area contributed by atoms with Gasteiger partial charge in [-0.1, -0.05) is 6.92 Å². The van der Waals surface area contributed by atoms with Gasteiger partial charge in [0, 0.05) is 22.8 Å². The zero-order chi connectivity index (χ0) is 20.0. The van der Waals surface area contributed by atoms with Crippen LogP contribution in [0.3, 0.4) is 0 Å². The summed E-state index contributed by atoms with van der Waals surface area (Å²) in [5.74, 6) is 0.359. The van der Waals surface area contributed by atoms with Crippen molar-refractivity contribution in [2.24, 2.45) is 11.7 Å². The van der Waals surface area contributed by atoms with Crippen LogP contribution in [-0.4, -0.2) is 39.5 Å². The highest BCUT2D eigenvalue weighted by molar-refractivity contribution is 7.78. The van der Waals surface area contributed by atoms with Crippen molar-refractivity contribution in [1.29, 1.82) is 0 Å². The smallest absolute Gasteiger partial charge is 0.309 e. The van der Waals surface area contributed by atoms with Gasteiger partial charge in [0.15, 0.2) is 0 Å². The highest BCUT2D eigenvalue weighted by Crippen LogP contribution is 2.45. The summed E-state index contributed by atoms with van der Waals surface area (Å²) in [4.78, 5) is 11.9. The molecule has 2 rings (SSSR count). The van der Waals surface area contributed by atoms with Crippen molar-refractivity contribution in [2.45, 2.75) is 13.0 Å². The molecule has 2 unspecified atom stereocenters. The number of carbonyl (C=O) groups excluding carboxylic acids is 1. The molecule has 27 heavy (non-hydrogen) atoms. The third-order valence-corrected chi connectivity index (χ3v) is 7.86. The Balaban J connectivity index is 2.46. The van der Waals surface area contributed by atoms with Crippen LogP contribution in [-0.2, 0) is 14.1 Å². The lowest BCUT2D eigenvalue weighted by Gasteiger charge is -2.25. The molecule has 0 amide bonds. The molecular weight excluding hydrogens is 365 g/mol. The van der Waals surface area contributed by atoms with Gasteiger partial charge in [-0.05, 0) is 48.5 Å². The molecular formula is C20H26NO5P. The average Bonchev–Trinajstić information content (AvgIpc) is 2.72. The molecule has 0 saturated heterocycles. The Kier molecular flexibility index (Phi) is 7.05. The van der Waals surface area contributed by atoms with Gasteiger partial charge < -0.3 is 24.5 Å². The molecule has 2 aromatic carbocycles. The summed E-state index contributed by atoms with van der Waals surface area (Å²) in [7, 11) is 1.38. The summed E-state index contributed by atoms with van der Waals surface area (Å²) in [5.41, 5.74) is 6.24. The predicted octanol–water partition coefficient (Wildman–Crippen LogP) is 2.15. The maximum Gasteiger partial charge on any atom is 0.309 e. The number of rotatable bonds is 8. The van der Waals surface area contributed by atoms with Crippen molar-refractivity contribution in [1.82, 2.24) is 0 Å². The second kappa shape index (κ2) is 9.07. The first-order valence-corrected chi connectivity index (χ1v) is 10.5. The van der Waals surface area contributed by atoms with Crippen LogP contribution in [0.4, 0.5) is 0 Å². The summed E-state index contributed by atoms with van der Waals surface area (Å²) >= 11 is 0. The SMILES string of the molecule is COC(=O)C(C)C(N)CP(=O)(c1ccc(OC)cc1)c1ccc(OC)cc1. The maximum absolute atomic E-state index is 14.1. The molecule has 0 bridgehead atoms. The first-order chi connectivity index (χ1) is 12.8. The van der Waals surface area contributed by atoms with E-state index in [1.54, 1.807) is 69.7 Å². The summed E-state index contributed by atoms with van der Waals surface area (Å²) in [6.45, 7) is 1.68. The summed E-state index contributed by atoms with van der Waals surface area (Å²) in [6, 6.07) is 13.5. The Labute approximate surface area is 160 Å². The number of hydrogen-bond acceptors (Lipinski definition) is 6. The molecule has 6 nitrogen and oxygen atoms in total. The number of nitrogens with two attached hydrogens (primary N) is 1. The van der Waals surface area contributed by atoms with Gasteiger partial charge in [0.2, 0.25) is 0 Å². The number of methoxy groups -OCH3 is 3. The van der Waals surface area contributed by atoms with E-state index >= 15 is 0 Å². The normalized spacial score (nSPS) is 13.5. The van der Waals surface area contributed by atoms with Crippen LogP contribution in [0.1, 0.15) is 6.92 Å². The molecule has 0 saturated carbocycles. The van der Waals surface area contributed by atoms with Gasteiger partial charge in [0.25, 0.3) is 0 Å². The molecule has 146 valence electrons. The van der Waals surface area contributed by atoms with E-state index in [4.69, 9.17) is 19.9 Å². The van der Waals surface area contributed by atoms with Gasteiger partial charge in [-0.2, -0.15) is 0 Å². The molecule has 0 aliphatic heterocycles. The lowest BCUT2D eigenvalue weighted by molar-refractivity contribution is -0.145. The zero-order valence-corrected chi connectivity index (χ0v) is 16.9. The highest BCUT2D eigenvalue weighted by Gasteiger charge is 2.34. The molecule has 0 aliphatic carbocycles. The minimum atomic E-state index is -3.09. The van der Waals surface area contributed by atoms with E-state index in [2.05, 4.69) is 0 Å². The van der Waals surface area contributed by atoms with E-state index in [-0.39, 0.29) is 6.16 Å². The van der Waals surface area contributed by atoms with Crippen LogP contribution in [0.15, 0.2) is 48.5 Å². The number of carbonyl (C=O) groups is 1. The Bertz CT molecular complexity index is 753. The lowest BCUT2D eigenvalue weighted by atomic mass is 10.1. The molecule has 0 heterocycles. The fraction of sp³-hybridized carbons (Fsp3) is 0.350. The molecule has 0 radical (unpaired) electrons. The number of esters is 1. The molecule has 2 N–H and O–H groups in total. The Morgan fingerprint density at radius 3 is 1.67 bits per heavy atom. The molecule has 7 heteroatoms. The van der Waals surface area contributed by atoms with Crippen LogP contribution in [0.2, 0.25) is 0 Å². The number of hydrogen-bond donors (Lipinski definition) is 1. The van der Waals surface area contributed by atoms with Gasteiger partial charge in [-0.3, -0.25) is 4.79 Å². The summed E-state index contributed by atoms with van der Waals surface area (Å²) < 4.78 is 29.3. The van der Waals surface area contributed by atoms with E-state index in [0.717, 1.165) is 0 Å². The largest absolute Gasteiger partial charge is 0.497 e. The van der Waals surface area contributed by atoms with Crippen molar-refractivity contribution in [3.05, 3.63) is 48.5 Å². The first kappa shape index (κ1) is 21.0.